The molecule has 0 spiro atoms. The quantitative estimate of drug-likeness (QED) is 0.884. The molecule has 1 heterocycles. The van der Waals surface area contributed by atoms with Crippen LogP contribution in [0.15, 0.2) is 41.1 Å². The maximum absolute atomic E-state index is 9.46. The number of nitrogens with one attached hydrogen (secondary N) is 1. The third-order valence-electron chi connectivity index (χ3n) is 2.62. The van der Waals surface area contributed by atoms with Gasteiger partial charge in [0.2, 0.25) is 5.95 Å². The van der Waals surface area contributed by atoms with Gasteiger partial charge in [-0.2, -0.15) is 0 Å². The number of hydrogen-bond acceptors (Lipinski definition) is 5. The molecule has 5 nitrogen and oxygen atoms in total. The van der Waals surface area contributed by atoms with Gasteiger partial charge in [0, 0.05) is 12.4 Å². The van der Waals surface area contributed by atoms with Crippen LogP contribution in [0, 0.1) is 0 Å². The van der Waals surface area contributed by atoms with E-state index in [1.165, 1.54) is 0 Å². The predicted molar refractivity (Wildman–Crippen MR) is 76.2 cm³/mol. The fraction of sp³-hybridized carbons (Fsp3) is 0.231. The first-order valence-electron chi connectivity index (χ1n) is 5.72. The molecule has 0 aliphatic rings. The minimum atomic E-state index is -0.257. The van der Waals surface area contributed by atoms with Gasteiger partial charge in [0.05, 0.1) is 24.2 Å². The van der Waals surface area contributed by atoms with Crippen molar-refractivity contribution in [1.82, 2.24) is 9.97 Å². The highest BCUT2D eigenvalue weighted by Crippen LogP contribution is 2.20. The summed E-state index contributed by atoms with van der Waals surface area (Å²) in [5, 5.41) is 12.5. The number of methoxy groups -OCH3 is 1. The van der Waals surface area contributed by atoms with Crippen molar-refractivity contribution in [3.8, 4) is 5.75 Å². The molecule has 19 heavy (non-hydrogen) atoms. The van der Waals surface area contributed by atoms with Gasteiger partial charge in [-0.25, -0.2) is 9.97 Å². The summed E-state index contributed by atoms with van der Waals surface area (Å²) in [6.45, 7) is -0.0498. The first-order valence-corrected chi connectivity index (χ1v) is 6.51. The largest absolute Gasteiger partial charge is 0.497 e. The zero-order valence-corrected chi connectivity index (χ0v) is 12.0. The van der Waals surface area contributed by atoms with Crippen LogP contribution in [0.1, 0.15) is 11.6 Å². The zero-order chi connectivity index (χ0) is 13.7. The van der Waals surface area contributed by atoms with Gasteiger partial charge in [-0.3, -0.25) is 0 Å². The van der Waals surface area contributed by atoms with Crippen molar-refractivity contribution in [3.63, 3.8) is 0 Å². The minimum Gasteiger partial charge on any atom is -0.497 e. The normalized spacial score (nSPS) is 11.9. The molecule has 1 aromatic carbocycles. The van der Waals surface area contributed by atoms with Crippen molar-refractivity contribution in [2.24, 2.45) is 0 Å². The monoisotopic (exact) mass is 323 g/mol. The minimum absolute atomic E-state index is 0.0498. The molecule has 0 aliphatic heterocycles. The van der Waals surface area contributed by atoms with Crippen LogP contribution >= 0.6 is 15.9 Å². The van der Waals surface area contributed by atoms with Gasteiger partial charge in [0.25, 0.3) is 0 Å². The molecule has 6 heteroatoms. The summed E-state index contributed by atoms with van der Waals surface area (Å²) in [6, 6.07) is 7.23. The molecule has 2 N–H and O–H groups in total. The number of aromatic nitrogens is 2. The van der Waals surface area contributed by atoms with Crippen LogP contribution in [0.2, 0.25) is 0 Å². The zero-order valence-electron chi connectivity index (χ0n) is 10.4. The predicted octanol–water partition coefficient (Wildman–Crippen LogP) is 2.39. The molecule has 1 unspecified atom stereocenters. The number of nitrogens with zero attached hydrogens (tertiary/aromatic N) is 2. The summed E-state index contributed by atoms with van der Waals surface area (Å²) in [5.74, 6) is 1.25. The van der Waals surface area contributed by atoms with E-state index in [-0.39, 0.29) is 12.6 Å². The number of ether oxygens (including phenoxy) is 1. The molecule has 0 fully saturated rings. The molecule has 0 radical (unpaired) electrons. The van der Waals surface area contributed by atoms with Gasteiger partial charge in [0.15, 0.2) is 0 Å². The highest BCUT2D eigenvalue weighted by molar-refractivity contribution is 9.10. The third kappa shape index (κ3) is 3.65. The van der Waals surface area contributed by atoms with Crippen LogP contribution in [0.3, 0.4) is 0 Å². The molecule has 100 valence electrons. The van der Waals surface area contributed by atoms with E-state index in [1.54, 1.807) is 19.5 Å². The van der Waals surface area contributed by atoms with Gasteiger partial charge in [-0.15, -0.1) is 0 Å². The number of aliphatic hydroxyl groups excluding tert-OH is 1. The van der Waals surface area contributed by atoms with Crippen molar-refractivity contribution in [2.45, 2.75) is 6.04 Å². The van der Waals surface area contributed by atoms with Crippen LogP contribution < -0.4 is 10.1 Å². The molecular formula is C13H14BrN3O2. The molecular weight excluding hydrogens is 310 g/mol. The third-order valence-corrected chi connectivity index (χ3v) is 3.03. The van der Waals surface area contributed by atoms with E-state index in [1.807, 2.05) is 24.3 Å². The van der Waals surface area contributed by atoms with Gasteiger partial charge >= 0.3 is 0 Å². The Bertz CT molecular complexity index is 516. The van der Waals surface area contributed by atoms with E-state index >= 15 is 0 Å². The second kappa shape index (κ2) is 6.49. The molecule has 0 aliphatic carbocycles. The summed E-state index contributed by atoms with van der Waals surface area (Å²) in [6.07, 6.45) is 3.30. The summed E-state index contributed by atoms with van der Waals surface area (Å²) in [5.41, 5.74) is 0.940. The Morgan fingerprint density at radius 2 is 1.89 bits per heavy atom. The van der Waals surface area contributed by atoms with Gasteiger partial charge in [-0.1, -0.05) is 12.1 Å². The highest BCUT2D eigenvalue weighted by atomic mass is 79.9. The molecule has 0 bridgehead atoms. The van der Waals surface area contributed by atoms with Gasteiger partial charge in [-0.05, 0) is 33.6 Å². The second-order valence-corrected chi connectivity index (χ2v) is 4.79. The number of rotatable bonds is 5. The lowest BCUT2D eigenvalue weighted by Crippen LogP contribution is -2.16. The Hall–Kier alpha value is -1.66. The lowest BCUT2D eigenvalue weighted by molar-refractivity contribution is 0.275. The Morgan fingerprint density at radius 3 is 2.42 bits per heavy atom. The van der Waals surface area contributed by atoms with Crippen LogP contribution in [0.25, 0.3) is 0 Å². The van der Waals surface area contributed by atoms with Crippen molar-refractivity contribution in [3.05, 3.63) is 46.7 Å². The number of anilines is 1. The SMILES string of the molecule is COc1ccc(C(CO)Nc2ncc(Br)cn2)cc1. The average molecular weight is 324 g/mol. The molecule has 1 aromatic heterocycles. The summed E-state index contributed by atoms with van der Waals surface area (Å²) < 4.78 is 5.91. The number of benzene rings is 1. The molecule has 2 aromatic rings. The Labute approximate surface area is 119 Å². The molecule has 2 rings (SSSR count). The number of halogens is 1. The Balaban J connectivity index is 2.12. The Morgan fingerprint density at radius 1 is 1.26 bits per heavy atom. The summed E-state index contributed by atoms with van der Waals surface area (Å²) in [7, 11) is 1.62. The van der Waals surface area contributed by atoms with E-state index in [4.69, 9.17) is 4.74 Å². The fourth-order valence-corrected chi connectivity index (χ4v) is 1.82. The molecule has 0 amide bonds. The standard InChI is InChI=1S/C13H14BrN3O2/c1-19-11-4-2-9(3-5-11)12(8-18)17-13-15-6-10(14)7-16-13/h2-7,12,18H,8H2,1H3,(H,15,16,17). The highest BCUT2D eigenvalue weighted by Gasteiger charge is 2.11. The fourth-order valence-electron chi connectivity index (χ4n) is 1.61. The number of aliphatic hydroxyl groups is 1. The first-order chi connectivity index (χ1) is 9.22. The summed E-state index contributed by atoms with van der Waals surface area (Å²) in [4.78, 5) is 8.24. The van der Waals surface area contributed by atoms with Crippen LogP contribution in [-0.2, 0) is 0 Å². The van der Waals surface area contributed by atoms with E-state index in [9.17, 15) is 5.11 Å². The lowest BCUT2D eigenvalue weighted by atomic mass is 10.1. The Kier molecular flexibility index (Phi) is 4.70. The van der Waals surface area contributed by atoms with Crippen molar-refractivity contribution in [1.29, 1.82) is 0 Å². The average Bonchev–Trinajstić information content (AvgIpc) is 2.47. The van der Waals surface area contributed by atoms with E-state index in [2.05, 4.69) is 31.2 Å². The maximum Gasteiger partial charge on any atom is 0.223 e. The van der Waals surface area contributed by atoms with Crippen LogP contribution in [0.5, 0.6) is 5.75 Å². The van der Waals surface area contributed by atoms with E-state index < -0.39 is 0 Å². The number of hydrogen-bond donors (Lipinski definition) is 2. The van der Waals surface area contributed by atoms with Crippen LogP contribution in [0.4, 0.5) is 5.95 Å². The maximum atomic E-state index is 9.46. The molecule has 0 saturated carbocycles. The molecule has 0 saturated heterocycles. The van der Waals surface area contributed by atoms with Crippen molar-refractivity contribution < 1.29 is 9.84 Å². The first kappa shape index (κ1) is 13.8. The van der Waals surface area contributed by atoms with E-state index in [0.29, 0.717) is 5.95 Å². The van der Waals surface area contributed by atoms with Crippen LogP contribution in [-0.4, -0.2) is 28.8 Å². The summed E-state index contributed by atoms with van der Waals surface area (Å²) >= 11 is 3.27. The van der Waals surface area contributed by atoms with E-state index in [0.717, 1.165) is 15.8 Å². The van der Waals surface area contributed by atoms with Crippen molar-refractivity contribution in [2.75, 3.05) is 19.0 Å². The van der Waals surface area contributed by atoms with Gasteiger partial charge < -0.3 is 15.2 Å². The second-order valence-electron chi connectivity index (χ2n) is 3.88. The topological polar surface area (TPSA) is 67.3 Å². The van der Waals surface area contributed by atoms with Gasteiger partial charge in [0.1, 0.15) is 5.75 Å². The molecule has 1 atom stereocenters. The van der Waals surface area contributed by atoms with Crippen molar-refractivity contribution >= 4 is 21.9 Å². The lowest BCUT2D eigenvalue weighted by Gasteiger charge is -2.16. The smallest absolute Gasteiger partial charge is 0.223 e.